The average molecular weight is 480 g/mol. The SMILES string of the molecule is CCCNC(=O)N(C)C[C@@H]1Oc2cc(C3=CCCC3)ccc2S(=O)(=O)N([C@@H](C)CO)C[C@@H]1C. The molecule has 0 spiro atoms. The molecule has 2 N–H and O–H groups in total. The third kappa shape index (κ3) is 5.70. The summed E-state index contributed by atoms with van der Waals surface area (Å²) in [7, 11) is -2.16. The van der Waals surface area contributed by atoms with Crippen LogP contribution in [0.4, 0.5) is 4.79 Å². The Kier molecular flexibility index (Phi) is 8.42. The molecule has 0 saturated carbocycles. The fourth-order valence-corrected chi connectivity index (χ4v) is 6.12. The van der Waals surface area contributed by atoms with E-state index in [0.29, 0.717) is 18.8 Å². The van der Waals surface area contributed by atoms with Crippen LogP contribution in [-0.4, -0.2) is 74.2 Å². The van der Waals surface area contributed by atoms with Crippen molar-refractivity contribution in [2.24, 2.45) is 5.92 Å². The Morgan fingerprint density at radius 2 is 2.15 bits per heavy atom. The smallest absolute Gasteiger partial charge is 0.317 e. The van der Waals surface area contributed by atoms with Crippen LogP contribution in [0.5, 0.6) is 5.75 Å². The minimum absolute atomic E-state index is 0.0973. The molecule has 8 nitrogen and oxygen atoms in total. The summed E-state index contributed by atoms with van der Waals surface area (Å²) in [5, 5.41) is 12.6. The second-order valence-electron chi connectivity index (χ2n) is 9.14. The van der Waals surface area contributed by atoms with Crippen molar-refractivity contribution in [3.05, 3.63) is 29.8 Å². The van der Waals surface area contributed by atoms with Gasteiger partial charge in [0.05, 0.1) is 13.2 Å². The molecular formula is C24H37N3O5S. The third-order valence-corrected chi connectivity index (χ3v) is 8.43. The van der Waals surface area contributed by atoms with E-state index in [-0.39, 0.29) is 30.0 Å². The molecule has 3 rings (SSSR count). The van der Waals surface area contributed by atoms with Crippen LogP contribution in [0.3, 0.4) is 0 Å². The van der Waals surface area contributed by atoms with Crippen LogP contribution in [0.25, 0.3) is 5.57 Å². The minimum atomic E-state index is -3.87. The second kappa shape index (κ2) is 10.9. The topological polar surface area (TPSA) is 99.2 Å². The molecule has 9 heteroatoms. The molecule has 184 valence electrons. The summed E-state index contributed by atoms with van der Waals surface area (Å²) in [6.45, 7) is 6.41. The summed E-state index contributed by atoms with van der Waals surface area (Å²) < 4.78 is 34.8. The van der Waals surface area contributed by atoms with Crippen LogP contribution < -0.4 is 10.1 Å². The van der Waals surface area contributed by atoms with Gasteiger partial charge < -0.3 is 20.1 Å². The van der Waals surface area contributed by atoms with E-state index in [1.54, 1.807) is 24.9 Å². The molecule has 1 aliphatic carbocycles. The van der Waals surface area contributed by atoms with Crippen molar-refractivity contribution in [2.75, 3.05) is 33.3 Å². The largest absolute Gasteiger partial charge is 0.487 e. The predicted molar refractivity (Wildman–Crippen MR) is 129 cm³/mol. The van der Waals surface area contributed by atoms with Crippen LogP contribution in [0.2, 0.25) is 0 Å². The number of likely N-dealkylation sites (N-methyl/N-ethyl adjacent to an activating group) is 1. The zero-order valence-corrected chi connectivity index (χ0v) is 20.9. The van der Waals surface area contributed by atoms with Gasteiger partial charge in [0.15, 0.2) is 0 Å². The number of hydrogen-bond donors (Lipinski definition) is 2. The van der Waals surface area contributed by atoms with Gasteiger partial charge in [0.1, 0.15) is 16.7 Å². The number of allylic oxidation sites excluding steroid dienone is 2. The van der Waals surface area contributed by atoms with E-state index < -0.39 is 22.2 Å². The molecule has 1 heterocycles. The highest BCUT2D eigenvalue weighted by molar-refractivity contribution is 7.89. The number of rotatable bonds is 7. The quantitative estimate of drug-likeness (QED) is 0.626. The molecule has 0 saturated heterocycles. The summed E-state index contributed by atoms with van der Waals surface area (Å²) in [4.78, 5) is 14.1. The number of nitrogens with zero attached hydrogens (tertiary/aromatic N) is 2. The van der Waals surface area contributed by atoms with Crippen molar-refractivity contribution >= 4 is 21.6 Å². The Labute approximate surface area is 197 Å². The Morgan fingerprint density at radius 1 is 1.39 bits per heavy atom. The number of nitrogens with one attached hydrogen (secondary N) is 1. The Balaban J connectivity index is 2.00. The van der Waals surface area contributed by atoms with Crippen LogP contribution in [-0.2, 0) is 10.0 Å². The summed E-state index contributed by atoms with van der Waals surface area (Å²) in [6.07, 6.45) is 5.67. The van der Waals surface area contributed by atoms with Crippen LogP contribution in [0, 0.1) is 5.92 Å². The second-order valence-corrected chi connectivity index (χ2v) is 11.0. The highest BCUT2D eigenvalue weighted by atomic mass is 32.2. The number of fused-ring (bicyclic) bond motifs is 1. The lowest BCUT2D eigenvalue weighted by molar-refractivity contribution is 0.0812. The van der Waals surface area contributed by atoms with Crippen molar-refractivity contribution in [3.8, 4) is 5.75 Å². The maximum atomic E-state index is 13.6. The van der Waals surface area contributed by atoms with E-state index in [9.17, 15) is 18.3 Å². The molecule has 2 aliphatic rings. The highest BCUT2D eigenvalue weighted by Gasteiger charge is 2.38. The molecule has 1 aliphatic heterocycles. The zero-order valence-electron chi connectivity index (χ0n) is 20.1. The first kappa shape index (κ1) is 25.5. The number of urea groups is 1. The van der Waals surface area contributed by atoms with Gasteiger partial charge in [0, 0.05) is 32.1 Å². The maximum Gasteiger partial charge on any atom is 0.317 e. The average Bonchev–Trinajstić information content (AvgIpc) is 3.33. The molecule has 0 radical (unpaired) electrons. The van der Waals surface area contributed by atoms with E-state index in [4.69, 9.17) is 4.74 Å². The Bertz CT molecular complexity index is 978. The van der Waals surface area contributed by atoms with Crippen LogP contribution in [0.15, 0.2) is 29.2 Å². The van der Waals surface area contributed by atoms with E-state index >= 15 is 0 Å². The lowest BCUT2D eigenvalue weighted by atomic mass is 10.0. The first-order valence-corrected chi connectivity index (χ1v) is 13.2. The van der Waals surface area contributed by atoms with Crippen molar-refractivity contribution in [1.82, 2.24) is 14.5 Å². The third-order valence-electron chi connectivity index (χ3n) is 6.41. The number of aliphatic hydroxyl groups excluding tert-OH is 1. The first-order valence-electron chi connectivity index (χ1n) is 11.8. The van der Waals surface area contributed by atoms with Gasteiger partial charge >= 0.3 is 6.03 Å². The molecule has 33 heavy (non-hydrogen) atoms. The lowest BCUT2D eigenvalue weighted by Gasteiger charge is -2.37. The molecule has 0 aromatic heterocycles. The van der Waals surface area contributed by atoms with E-state index in [0.717, 1.165) is 31.2 Å². The minimum Gasteiger partial charge on any atom is -0.487 e. The molecule has 0 fully saturated rings. The molecule has 1 aromatic rings. The Hall–Kier alpha value is -2.10. The van der Waals surface area contributed by atoms with Gasteiger partial charge in [0.2, 0.25) is 10.0 Å². The molecule has 0 unspecified atom stereocenters. The monoisotopic (exact) mass is 479 g/mol. The van der Waals surface area contributed by atoms with Crippen molar-refractivity contribution < 1.29 is 23.1 Å². The van der Waals surface area contributed by atoms with Gasteiger partial charge in [-0.2, -0.15) is 4.31 Å². The van der Waals surface area contributed by atoms with E-state index in [2.05, 4.69) is 11.4 Å². The molecular weight excluding hydrogens is 442 g/mol. The molecule has 1 aromatic carbocycles. The molecule has 3 atom stereocenters. The first-order chi connectivity index (χ1) is 15.7. The predicted octanol–water partition coefficient (Wildman–Crippen LogP) is 3.07. The number of hydrogen-bond acceptors (Lipinski definition) is 5. The maximum absolute atomic E-state index is 13.6. The van der Waals surface area contributed by atoms with Gasteiger partial charge in [-0.3, -0.25) is 0 Å². The van der Waals surface area contributed by atoms with Crippen LogP contribution >= 0.6 is 0 Å². The Morgan fingerprint density at radius 3 is 2.79 bits per heavy atom. The standard InChI is InChI=1S/C24H37N3O5S/c1-5-12-25-24(29)26(4)15-22-17(2)14-27(18(3)16-28)33(30,31)23-11-10-20(13-21(23)32-22)19-8-6-7-9-19/h8,10-11,13,17-18,22,28H,5-7,9,12,14-16H2,1-4H3,(H,25,29)/t17-,18-,22-/m0/s1. The van der Waals surface area contributed by atoms with Crippen molar-refractivity contribution in [2.45, 2.75) is 63.5 Å². The molecule has 2 amide bonds. The summed E-state index contributed by atoms with van der Waals surface area (Å²) in [5.74, 6) is 0.0899. The number of carbonyl (C=O) groups excluding carboxylic acids is 1. The van der Waals surface area contributed by atoms with Gasteiger partial charge in [-0.25, -0.2) is 13.2 Å². The lowest BCUT2D eigenvalue weighted by Crippen LogP contribution is -2.51. The van der Waals surface area contributed by atoms with Crippen LogP contribution in [0.1, 0.15) is 52.0 Å². The number of amides is 2. The highest BCUT2D eigenvalue weighted by Crippen LogP contribution is 2.37. The summed E-state index contributed by atoms with van der Waals surface area (Å²) in [6, 6.07) is 4.50. The number of ether oxygens (including phenoxy) is 1. The number of aliphatic hydroxyl groups is 1. The summed E-state index contributed by atoms with van der Waals surface area (Å²) in [5.41, 5.74) is 2.16. The van der Waals surface area contributed by atoms with E-state index in [1.807, 2.05) is 26.0 Å². The van der Waals surface area contributed by atoms with Crippen molar-refractivity contribution in [3.63, 3.8) is 0 Å². The zero-order chi connectivity index (χ0) is 24.2. The number of benzene rings is 1. The van der Waals surface area contributed by atoms with Gasteiger partial charge in [-0.05, 0) is 55.9 Å². The summed E-state index contributed by atoms with van der Waals surface area (Å²) >= 11 is 0. The number of carbonyl (C=O) groups is 1. The van der Waals surface area contributed by atoms with Gasteiger partial charge in [0.25, 0.3) is 0 Å². The van der Waals surface area contributed by atoms with Gasteiger partial charge in [-0.15, -0.1) is 0 Å². The van der Waals surface area contributed by atoms with E-state index in [1.165, 1.54) is 9.88 Å². The fraction of sp³-hybridized carbons (Fsp3) is 0.625. The van der Waals surface area contributed by atoms with Gasteiger partial charge in [-0.1, -0.05) is 26.0 Å². The normalized spacial score (nSPS) is 23.5. The van der Waals surface area contributed by atoms with Crippen molar-refractivity contribution in [1.29, 1.82) is 0 Å². The fourth-order valence-electron chi connectivity index (χ4n) is 4.30. The molecule has 0 bridgehead atoms. The number of sulfonamides is 1.